The third-order valence-electron chi connectivity index (χ3n) is 4.24. The van der Waals surface area contributed by atoms with Gasteiger partial charge in [-0.05, 0) is 30.5 Å². The van der Waals surface area contributed by atoms with E-state index < -0.39 is 0 Å². The molecule has 4 aromatic rings. The summed E-state index contributed by atoms with van der Waals surface area (Å²) < 4.78 is 1.69. The molecule has 3 heterocycles. The molecule has 24 heavy (non-hydrogen) atoms. The van der Waals surface area contributed by atoms with Gasteiger partial charge < -0.3 is 4.98 Å². The monoisotopic (exact) mass is 336 g/mol. The third-order valence-corrected chi connectivity index (χ3v) is 5.11. The molecule has 0 fully saturated rings. The first-order valence-corrected chi connectivity index (χ1v) is 8.49. The van der Waals surface area contributed by atoms with Crippen LogP contribution < -0.4 is 5.56 Å². The molecular weight excluding hydrogens is 320 g/mol. The van der Waals surface area contributed by atoms with Crippen molar-refractivity contribution in [2.75, 3.05) is 0 Å². The first kappa shape index (κ1) is 14.8. The topological polar surface area (TPSA) is 63.6 Å². The average molecular weight is 336 g/mol. The molecule has 0 aliphatic carbocycles. The molecule has 0 amide bonds. The molecule has 0 radical (unpaired) electrons. The first-order valence-electron chi connectivity index (χ1n) is 7.61. The van der Waals surface area contributed by atoms with Gasteiger partial charge in [-0.25, -0.2) is 4.98 Å². The minimum absolute atomic E-state index is 0.117. The zero-order valence-electron chi connectivity index (χ0n) is 13.6. The number of hydrogen-bond acceptors (Lipinski definition) is 4. The molecule has 0 atom stereocenters. The second-order valence-electron chi connectivity index (χ2n) is 5.95. The van der Waals surface area contributed by atoms with Gasteiger partial charge in [-0.2, -0.15) is 5.10 Å². The van der Waals surface area contributed by atoms with Gasteiger partial charge in [0.1, 0.15) is 10.7 Å². The summed E-state index contributed by atoms with van der Waals surface area (Å²) in [5, 5.41) is 6.78. The SMILES string of the molecule is Cc1ccc(-c2csc3nc(-c4cnn(C)c4)[nH]c(=O)c23)cc1C. The number of fused-ring (bicyclic) bond motifs is 1. The van der Waals surface area contributed by atoms with Crippen molar-refractivity contribution in [2.45, 2.75) is 13.8 Å². The van der Waals surface area contributed by atoms with Crippen LogP contribution in [0.4, 0.5) is 0 Å². The van der Waals surface area contributed by atoms with Crippen LogP contribution in [0.2, 0.25) is 0 Å². The summed E-state index contributed by atoms with van der Waals surface area (Å²) in [6.07, 6.45) is 3.53. The van der Waals surface area contributed by atoms with Gasteiger partial charge in [0.15, 0.2) is 0 Å². The normalized spacial score (nSPS) is 11.3. The molecule has 0 unspecified atom stereocenters. The predicted molar refractivity (Wildman–Crippen MR) is 97.4 cm³/mol. The highest BCUT2D eigenvalue weighted by Crippen LogP contribution is 2.32. The van der Waals surface area contributed by atoms with Crippen LogP contribution in [0.15, 0.2) is 40.8 Å². The Labute approximate surface area is 142 Å². The zero-order valence-corrected chi connectivity index (χ0v) is 14.4. The fourth-order valence-corrected chi connectivity index (χ4v) is 3.70. The maximum Gasteiger partial charge on any atom is 0.260 e. The van der Waals surface area contributed by atoms with Crippen LogP contribution in [0.25, 0.3) is 32.7 Å². The number of benzene rings is 1. The molecule has 0 saturated heterocycles. The summed E-state index contributed by atoms with van der Waals surface area (Å²) in [7, 11) is 1.84. The Hall–Kier alpha value is -2.73. The number of H-pyrrole nitrogens is 1. The maximum absolute atomic E-state index is 12.7. The van der Waals surface area contributed by atoms with E-state index in [2.05, 4.69) is 47.1 Å². The zero-order chi connectivity index (χ0) is 16.8. The number of aromatic amines is 1. The Kier molecular flexibility index (Phi) is 3.35. The van der Waals surface area contributed by atoms with Crippen LogP contribution in [0.3, 0.4) is 0 Å². The number of nitrogens with zero attached hydrogens (tertiary/aromatic N) is 3. The lowest BCUT2D eigenvalue weighted by Crippen LogP contribution is -2.08. The largest absolute Gasteiger partial charge is 0.306 e. The molecule has 1 N–H and O–H groups in total. The number of aryl methyl sites for hydroxylation is 3. The molecule has 6 heteroatoms. The Morgan fingerprint density at radius 2 is 2.00 bits per heavy atom. The van der Waals surface area contributed by atoms with Crippen LogP contribution in [0.5, 0.6) is 0 Å². The van der Waals surface area contributed by atoms with Gasteiger partial charge in [0.05, 0.1) is 17.1 Å². The van der Waals surface area contributed by atoms with E-state index in [1.807, 2.05) is 18.6 Å². The predicted octanol–water partition coefficient (Wildman–Crippen LogP) is 3.67. The molecule has 0 aliphatic rings. The van der Waals surface area contributed by atoms with E-state index in [0.717, 1.165) is 21.5 Å². The molecule has 0 aliphatic heterocycles. The van der Waals surface area contributed by atoms with E-state index in [0.29, 0.717) is 11.2 Å². The van der Waals surface area contributed by atoms with Crippen molar-refractivity contribution in [1.29, 1.82) is 0 Å². The fourth-order valence-electron chi connectivity index (χ4n) is 2.75. The number of thiophene rings is 1. The van der Waals surface area contributed by atoms with Crippen molar-refractivity contribution in [3.8, 4) is 22.5 Å². The molecule has 0 spiro atoms. The highest BCUT2D eigenvalue weighted by atomic mass is 32.1. The lowest BCUT2D eigenvalue weighted by Gasteiger charge is -2.04. The van der Waals surface area contributed by atoms with Gasteiger partial charge >= 0.3 is 0 Å². The summed E-state index contributed by atoms with van der Waals surface area (Å²) in [6, 6.07) is 6.25. The maximum atomic E-state index is 12.7. The number of aromatic nitrogens is 4. The summed E-state index contributed by atoms with van der Waals surface area (Å²) in [6.45, 7) is 4.16. The molecular formula is C18H16N4OS. The molecule has 4 rings (SSSR count). The highest BCUT2D eigenvalue weighted by Gasteiger charge is 2.14. The standard InChI is InChI=1S/C18H16N4OS/c1-10-4-5-12(6-11(10)2)14-9-24-18-15(14)17(23)20-16(21-18)13-7-19-22(3)8-13/h4-9H,1-3H3,(H,20,21,23). The van der Waals surface area contributed by atoms with E-state index in [1.165, 1.54) is 22.5 Å². The van der Waals surface area contributed by atoms with Gasteiger partial charge in [0, 0.05) is 24.2 Å². The molecule has 120 valence electrons. The smallest absolute Gasteiger partial charge is 0.260 e. The van der Waals surface area contributed by atoms with Gasteiger partial charge in [0.2, 0.25) is 0 Å². The van der Waals surface area contributed by atoms with Crippen LogP contribution in [-0.2, 0) is 7.05 Å². The van der Waals surface area contributed by atoms with Gasteiger partial charge in [-0.3, -0.25) is 9.48 Å². The van der Waals surface area contributed by atoms with Crippen molar-refractivity contribution in [2.24, 2.45) is 7.05 Å². The van der Waals surface area contributed by atoms with Crippen molar-refractivity contribution < 1.29 is 0 Å². The quantitative estimate of drug-likeness (QED) is 0.607. The summed E-state index contributed by atoms with van der Waals surface area (Å²) >= 11 is 1.49. The third kappa shape index (κ3) is 2.35. The lowest BCUT2D eigenvalue weighted by molar-refractivity contribution is 0.768. The van der Waals surface area contributed by atoms with Crippen molar-refractivity contribution in [1.82, 2.24) is 19.7 Å². The Balaban J connectivity index is 1.91. The van der Waals surface area contributed by atoms with Crippen molar-refractivity contribution in [3.63, 3.8) is 0 Å². The van der Waals surface area contributed by atoms with E-state index in [1.54, 1.807) is 10.9 Å². The number of hydrogen-bond donors (Lipinski definition) is 1. The van der Waals surface area contributed by atoms with Crippen LogP contribution in [0.1, 0.15) is 11.1 Å². The average Bonchev–Trinajstić information content (AvgIpc) is 3.16. The molecule has 1 aromatic carbocycles. The van der Waals surface area contributed by atoms with Crippen molar-refractivity contribution >= 4 is 21.6 Å². The Morgan fingerprint density at radius 1 is 1.17 bits per heavy atom. The fraction of sp³-hybridized carbons (Fsp3) is 0.167. The molecule has 5 nitrogen and oxygen atoms in total. The first-order chi connectivity index (χ1) is 11.5. The van der Waals surface area contributed by atoms with Gasteiger partial charge in [-0.15, -0.1) is 11.3 Å². The lowest BCUT2D eigenvalue weighted by atomic mass is 10.0. The summed E-state index contributed by atoms with van der Waals surface area (Å²) in [5.74, 6) is 0.550. The Bertz CT molecular complexity index is 1120. The number of rotatable bonds is 2. The second kappa shape index (κ2) is 5.42. The van der Waals surface area contributed by atoms with Gasteiger partial charge in [-0.1, -0.05) is 18.2 Å². The summed E-state index contributed by atoms with van der Waals surface area (Å²) in [5.41, 5.74) is 5.12. The Morgan fingerprint density at radius 3 is 2.71 bits per heavy atom. The minimum Gasteiger partial charge on any atom is -0.306 e. The highest BCUT2D eigenvalue weighted by molar-refractivity contribution is 7.17. The number of nitrogens with one attached hydrogen (secondary N) is 1. The van der Waals surface area contributed by atoms with Crippen LogP contribution in [0, 0.1) is 13.8 Å². The second-order valence-corrected chi connectivity index (χ2v) is 6.80. The van der Waals surface area contributed by atoms with E-state index in [9.17, 15) is 4.79 Å². The van der Waals surface area contributed by atoms with Gasteiger partial charge in [0.25, 0.3) is 5.56 Å². The van der Waals surface area contributed by atoms with E-state index >= 15 is 0 Å². The van der Waals surface area contributed by atoms with Crippen LogP contribution in [-0.4, -0.2) is 19.7 Å². The molecule has 0 bridgehead atoms. The molecule has 0 saturated carbocycles. The summed E-state index contributed by atoms with van der Waals surface area (Å²) in [4.78, 5) is 20.9. The van der Waals surface area contributed by atoms with Crippen molar-refractivity contribution in [3.05, 3.63) is 57.5 Å². The minimum atomic E-state index is -0.117. The molecule has 3 aromatic heterocycles. The van der Waals surface area contributed by atoms with E-state index in [-0.39, 0.29) is 5.56 Å². The van der Waals surface area contributed by atoms with E-state index in [4.69, 9.17) is 0 Å². The van der Waals surface area contributed by atoms with Crippen LogP contribution >= 0.6 is 11.3 Å².